The van der Waals surface area contributed by atoms with Crippen molar-refractivity contribution in [3.63, 3.8) is 0 Å². The van der Waals surface area contributed by atoms with E-state index in [0.717, 1.165) is 32.5 Å². The van der Waals surface area contributed by atoms with Crippen LogP contribution in [0.4, 0.5) is 4.79 Å². The number of carbonyl (C=O) groups is 1. The molecule has 0 radical (unpaired) electrons. The fraction of sp³-hybridized carbons (Fsp3) is 0.368. The van der Waals surface area contributed by atoms with E-state index < -0.39 is 0 Å². The molecule has 4 rings (SSSR count). The number of carbonyl (C=O) groups excluding carboxylic acids is 1. The summed E-state index contributed by atoms with van der Waals surface area (Å²) >= 11 is 0. The van der Waals surface area contributed by atoms with E-state index in [-0.39, 0.29) is 6.03 Å². The molecule has 6 nitrogen and oxygen atoms in total. The van der Waals surface area contributed by atoms with Crippen molar-refractivity contribution in [2.75, 3.05) is 19.6 Å². The summed E-state index contributed by atoms with van der Waals surface area (Å²) in [5.41, 5.74) is 2.39. The zero-order valence-corrected chi connectivity index (χ0v) is 14.2. The third-order valence-electron chi connectivity index (χ3n) is 5.05. The highest BCUT2D eigenvalue weighted by Crippen LogP contribution is 2.26. The second-order valence-corrected chi connectivity index (χ2v) is 6.57. The monoisotopic (exact) mass is 337 g/mol. The van der Waals surface area contributed by atoms with E-state index in [1.54, 1.807) is 6.20 Å². The van der Waals surface area contributed by atoms with Crippen LogP contribution < -0.4 is 5.32 Å². The van der Waals surface area contributed by atoms with Crippen molar-refractivity contribution in [1.29, 1.82) is 0 Å². The van der Waals surface area contributed by atoms with Gasteiger partial charge in [-0.05, 0) is 36.4 Å². The number of nitrogens with one attached hydrogen (secondary N) is 2. The molecule has 2 aromatic heterocycles. The van der Waals surface area contributed by atoms with Gasteiger partial charge in [0, 0.05) is 55.7 Å². The summed E-state index contributed by atoms with van der Waals surface area (Å²) in [6.45, 7) is 3.01. The second-order valence-electron chi connectivity index (χ2n) is 6.57. The average molecular weight is 337 g/mol. The Balaban J connectivity index is 1.26. The lowest BCUT2D eigenvalue weighted by atomic mass is 9.94. The molecule has 2 N–H and O–H groups in total. The Bertz CT molecular complexity index is 831. The van der Waals surface area contributed by atoms with Crippen molar-refractivity contribution in [2.24, 2.45) is 0 Å². The molecule has 0 unspecified atom stereocenters. The van der Waals surface area contributed by atoms with Gasteiger partial charge in [0.1, 0.15) is 0 Å². The third kappa shape index (κ3) is 3.38. The minimum absolute atomic E-state index is 0.0412. The molecule has 1 aliphatic rings. The number of hydrogen-bond donors (Lipinski definition) is 2. The number of aromatic amines is 1. The maximum atomic E-state index is 12.4. The van der Waals surface area contributed by atoms with Crippen LogP contribution in [0.3, 0.4) is 0 Å². The molecule has 3 heterocycles. The largest absolute Gasteiger partial charge is 0.346 e. The molecule has 0 saturated carbocycles. The summed E-state index contributed by atoms with van der Waals surface area (Å²) in [6, 6.07) is 12.5. The SMILES string of the molecule is O=C(NCCn1ccc2ccccc21)N1CCC(c2ccn[nH]2)CC1. The van der Waals surface area contributed by atoms with Gasteiger partial charge in [0.05, 0.1) is 0 Å². The zero-order valence-electron chi connectivity index (χ0n) is 14.2. The number of hydrogen-bond acceptors (Lipinski definition) is 2. The smallest absolute Gasteiger partial charge is 0.317 e. The quantitative estimate of drug-likeness (QED) is 0.769. The van der Waals surface area contributed by atoms with Gasteiger partial charge in [0.2, 0.25) is 0 Å². The number of urea groups is 1. The van der Waals surface area contributed by atoms with Gasteiger partial charge in [-0.3, -0.25) is 5.10 Å². The van der Waals surface area contributed by atoms with Gasteiger partial charge in [-0.25, -0.2) is 4.79 Å². The highest BCUT2D eigenvalue weighted by Gasteiger charge is 2.24. The number of aromatic nitrogens is 3. The van der Waals surface area contributed by atoms with Gasteiger partial charge in [-0.15, -0.1) is 0 Å². The summed E-state index contributed by atoms with van der Waals surface area (Å²) < 4.78 is 2.18. The van der Waals surface area contributed by atoms with Gasteiger partial charge in [-0.1, -0.05) is 18.2 Å². The van der Waals surface area contributed by atoms with Crippen LogP contribution in [-0.2, 0) is 6.54 Å². The molecule has 0 bridgehead atoms. The van der Waals surface area contributed by atoms with Crippen molar-refractivity contribution in [3.05, 3.63) is 54.5 Å². The van der Waals surface area contributed by atoms with Gasteiger partial charge in [-0.2, -0.15) is 5.10 Å². The number of amides is 2. The molecule has 0 aliphatic carbocycles. The first-order valence-corrected chi connectivity index (χ1v) is 8.87. The Kier molecular flexibility index (Phi) is 4.41. The number of fused-ring (bicyclic) bond motifs is 1. The number of rotatable bonds is 4. The molecule has 1 aromatic carbocycles. The maximum absolute atomic E-state index is 12.4. The van der Waals surface area contributed by atoms with Crippen LogP contribution in [0.15, 0.2) is 48.8 Å². The van der Waals surface area contributed by atoms with E-state index in [1.807, 2.05) is 23.1 Å². The first-order chi connectivity index (χ1) is 12.3. The third-order valence-corrected chi connectivity index (χ3v) is 5.05. The zero-order chi connectivity index (χ0) is 17.1. The fourth-order valence-electron chi connectivity index (χ4n) is 3.62. The minimum atomic E-state index is 0.0412. The molecular formula is C19H23N5O. The first kappa shape index (κ1) is 15.7. The van der Waals surface area contributed by atoms with Gasteiger partial charge >= 0.3 is 6.03 Å². The predicted molar refractivity (Wildman–Crippen MR) is 97.5 cm³/mol. The molecule has 1 aliphatic heterocycles. The normalized spacial score (nSPS) is 15.6. The summed E-state index contributed by atoms with van der Waals surface area (Å²) in [4.78, 5) is 14.3. The topological polar surface area (TPSA) is 66.0 Å². The highest BCUT2D eigenvalue weighted by atomic mass is 16.2. The molecule has 1 saturated heterocycles. The standard InChI is InChI=1S/C19H23N5O/c25-19(24-12-6-15(7-13-24)17-5-9-21-22-17)20-10-14-23-11-8-16-3-1-2-4-18(16)23/h1-5,8-9,11,15H,6-7,10,12-14H2,(H,20,25)(H,21,22). The number of benzene rings is 1. The van der Waals surface area contributed by atoms with E-state index in [9.17, 15) is 4.79 Å². The average Bonchev–Trinajstić information content (AvgIpc) is 3.32. The Hall–Kier alpha value is -2.76. The number of nitrogens with zero attached hydrogens (tertiary/aromatic N) is 3. The van der Waals surface area contributed by atoms with Crippen molar-refractivity contribution < 1.29 is 4.79 Å². The van der Waals surface area contributed by atoms with Crippen molar-refractivity contribution in [2.45, 2.75) is 25.3 Å². The lowest BCUT2D eigenvalue weighted by Gasteiger charge is -2.31. The molecule has 0 atom stereocenters. The molecule has 25 heavy (non-hydrogen) atoms. The lowest BCUT2D eigenvalue weighted by molar-refractivity contribution is 0.180. The molecule has 2 amide bonds. The van der Waals surface area contributed by atoms with Gasteiger partial charge in [0.25, 0.3) is 0 Å². The van der Waals surface area contributed by atoms with Crippen LogP contribution in [0, 0.1) is 0 Å². The van der Waals surface area contributed by atoms with Crippen LogP contribution in [0.25, 0.3) is 10.9 Å². The first-order valence-electron chi connectivity index (χ1n) is 8.87. The van der Waals surface area contributed by atoms with Crippen LogP contribution in [0.5, 0.6) is 0 Å². The molecule has 6 heteroatoms. The maximum Gasteiger partial charge on any atom is 0.317 e. The van der Waals surface area contributed by atoms with Gasteiger partial charge < -0.3 is 14.8 Å². The summed E-state index contributed by atoms with van der Waals surface area (Å²) in [5.74, 6) is 0.484. The van der Waals surface area contributed by atoms with Crippen molar-refractivity contribution in [3.8, 4) is 0 Å². The van der Waals surface area contributed by atoms with E-state index in [2.05, 4.69) is 44.5 Å². The Morgan fingerprint density at radius 2 is 2.04 bits per heavy atom. The van der Waals surface area contributed by atoms with E-state index >= 15 is 0 Å². The van der Waals surface area contributed by atoms with Crippen LogP contribution >= 0.6 is 0 Å². The molecule has 3 aromatic rings. The van der Waals surface area contributed by atoms with Crippen LogP contribution in [0.2, 0.25) is 0 Å². The molecule has 0 spiro atoms. The van der Waals surface area contributed by atoms with Crippen molar-refractivity contribution >= 4 is 16.9 Å². The summed E-state index contributed by atoms with van der Waals surface area (Å²) in [5, 5.41) is 11.3. The lowest BCUT2D eigenvalue weighted by Crippen LogP contribution is -2.44. The Morgan fingerprint density at radius 1 is 1.20 bits per heavy atom. The van der Waals surface area contributed by atoms with Crippen LogP contribution in [-0.4, -0.2) is 45.3 Å². The number of H-pyrrole nitrogens is 1. The van der Waals surface area contributed by atoms with Gasteiger partial charge in [0.15, 0.2) is 0 Å². The highest BCUT2D eigenvalue weighted by molar-refractivity contribution is 5.80. The number of piperidine rings is 1. The Labute approximate surface area is 146 Å². The molecular weight excluding hydrogens is 314 g/mol. The number of likely N-dealkylation sites (tertiary alicyclic amines) is 1. The predicted octanol–water partition coefficient (Wildman–Crippen LogP) is 2.95. The molecule has 1 fully saturated rings. The second kappa shape index (κ2) is 7.01. The summed E-state index contributed by atoms with van der Waals surface area (Å²) in [6.07, 6.45) is 5.84. The van der Waals surface area contributed by atoms with E-state index in [1.165, 1.54) is 16.6 Å². The summed E-state index contributed by atoms with van der Waals surface area (Å²) in [7, 11) is 0. The van der Waals surface area contributed by atoms with Crippen LogP contribution in [0.1, 0.15) is 24.5 Å². The Morgan fingerprint density at radius 3 is 2.84 bits per heavy atom. The number of para-hydroxylation sites is 1. The molecule has 130 valence electrons. The van der Waals surface area contributed by atoms with E-state index in [0.29, 0.717) is 12.5 Å². The minimum Gasteiger partial charge on any atom is -0.346 e. The fourth-order valence-corrected chi connectivity index (χ4v) is 3.62. The van der Waals surface area contributed by atoms with Crippen molar-refractivity contribution in [1.82, 2.24) is 25.0 Å². The van der Waals surface area contributed by atoms with E-state index in [4.69, 9.17) is 0 Å².